The molecule has 0 unspecified atom stereocenters. The molecule has 150 valence electrons. The lowest BCUT2D eigenvalue weighted by Crippen LogP contribution is -2.25. The van der Waals surface area contributed by atoms with Crippen molar-refractivity contribution < 1.29 is 19.4 Å². The summed E-state index contributed by atoms with van der Waals surface area (Å²) in [6, 6.07) is 18.7. The van der Waals surface area contributed by atoms with Gasteiger partial charge in [-0.1, -0.05) is 31.2 Å². The highest BCUT2D eigenvalue weighted by molar-refractivity contribution is 6.00. The van der Waals surface area contributed by atoms with E-state index in [1.807, 2.05) is 24.3 Å². The maximum atomic E-state index is 12.8. The number of aromatic nitrogens is 1. The Morgan fingerprint density at radius 1 is 1.00 bits per heavy atom. The maximum absolute atomic E-state index is 12.8. The molecular weight excluding hydrogens is 368 g/mol. The predicted molar refractivity (Wildman–Crippen MR) is 112 cm³/mol. The highest BCUT2D eigenvalue weighted by Gasteiger charge is 2.15. The van der Waals surface area contributed by atoms with Crippen molar-refractivity contribution in [1.82, 2.24) is 4.68 Å². The van der Waals surface area contributed by atoms with Crippen LogP contribution in [0, 0.1) is 0 Å². The van der Waals surface area contributed by atoms with Gasteiger partial charge in [0.25, 0.3) is 5.91 Å². The van der Waals surface area contributed by atoms with Crippen LogP contribution >= 0.6 is 0 Å². The van der Waals surface area contributed by atoms with E-state index < -0.39 is 5.97 Å². The number of rotatable bonds is 8. The third-order valence-electron chi connectivity index (χ3n) is 4.78. The quantitative estimate of drug-likeness (QED) is 0.604. The second-order valence-corrected chi connectivity index (χ2v) is 6.66. The van der Waals surface area contributed by atoms with Gasteiger partial charge in [0.1, 0.15) is 5.75 Å². The van der Waals surface area contributed by atoms with E-state index in [4.69, 9.17) is 9.84 Å². The van der Waals surface area contributed by atoms with E-state index in [9.17, 15) is 9.59 Å². The molecule has 0 radical (unpaired) electrons. The highest BCUT2D eigenvalue weighted by atomic mass is 16.5. The molecule has 1 amide bonds. The number of carboxylic acid groups (broad SMARTS) is 1. The van der Waals surface area contributed by atoms with Gasteiger partial charge in [0.05, 0.1) is 19.2 Å². The zero-order valence-electron chi connectivity index (χ0n) is 16.5. The minimum absolute atomic E-state index is 0.0172. The van der Waals surface area contributed by atoms with Crippen molar-refractivity contribution in [2.24, 2.45) is 0 Å². The first-order chi connectivity index (χ1) is 14.0. The number of amides is 1. The summed E-state index contributed by atoms with van der Waals surface area (Å²) in [4.78, 5) is 23.8. The minimum Gasteiger partial charge on any atom is -0.497 e. The van der Waals surface area contributed by atoms with E-state index >= 15 is 0 Å². The van der Waals surface area contributed by atoms with Crippen molar-refractivity contribution in [3.63, 3.8) is 0 Å². The Labute approximate surface area is 169 Å². The number of carbonyl (C=O) groups is 2. The minimum atomic E-state index is -0.881. The van der Waals surface area contributed by atoms with Crippen LogP contribution in [0.3, 0.4) is 0 Å². The molecule has 0 atom stereocenters. The molecule has 0 spiro atoms. The number of nitrogens with zero attached hydrogens (tertiary/aromatic N) is 1. The van der Waals surface area contributed by atoms with Gasteiger partial charge in [0, 0.05) is 23.2 Å². The number of methoxy groups -OCH3 is 1. The Bertz CT molecular complexity index is 989. The number of carboxylic acids is 1. The van der Waals surface area contributed by atoms with Crippen LogP contribution in [0.1, 0.15) is 35.0 Å². The zero-order chi connectivity index (χ0) is 20.8. The molecule has 0 aliphatic rings. The average molecular weight is 392 g/mol. The van der Waals surface area contributed by atoms with Gasteiger partial charge in [0.2, 0.25) is 0 Å². The monoisotopic (exact) mass is 392 g/mol. The van der Waals surface area contributed by atoms with Crippen molar-refractivity contribution >= 4 is 11.9 Å². The largest absolute Gasteiger partial charge is 0.497 e. The topological polar surface area (TPSA) is 80.6 Å². The lowest BCUT2D eigenvalue weighted by Gasteiger charge is -2.15. The van der Waals surface area contributed by atoms with Crippen molar-refractivity contribution in [2.45, 2.75) is 26.2 Å². The lowest BCUT2D eigenvalue weighted by atomic mass is 10.1. The molecule has 0 aliphatic carbocycles. The summed E-state index contributed by atoms with van der Waals surface area (Å²) < 4.78 is 6.81. The third-order valence-corrected chi connectivity index (χ3v) is 4.78. The molecule has 2 N–H and O–H groups in total. The predicted octanol–water partition coefficient (Wildman–Crippen LogP) is 4.13. The van der Waals surface area contributed by atoms with Crippen LogP contribution in [-0.4, -0.2) is 28.8 Å². The summed E-state index contributed by atoms with van der Waals surface area (Å²) >= 11 is 0. The third kappa shape index (κ3) is 4.85. The lowest BCUT2D eigenvalue weighted by molar-refractivity contribution is -0.136. The molecule has 6 nitrogen and oxygen atoms in total. The number of nitrogens with one attached hydrogen (secondary N) is 1. The van der Waals surface area contributed by atoms with Crippen LogP contribution in [0.2, 0.25) is 0 Å². The molecular formula is C23H24N2O4. The molecule has 3 aromatic rings. The summed E-state index contributed by atoms with van der Waals surface area (Å²) in [6.07, 6.45) is 1.24. The Balaban J connectivity index is 1.92. The van der Waals surface area contributed by atoms with Crippen LogP contribution in [0.4, 0.5) is 0 Å². The first-order valence-corrected chi connectivity index (χ1v) is 9.49. The van der Waals surface area contributed by atoms with Gasteiger partial charge in [-0.05, 0) is 48.4 Å². The number of hydrogen-bond donors (Lipinski definition) is 2. The first-order valence-electron chi connectivity index (χ1n) is 9.49. The molecule has 6 heteroatoms. The fraction of sp³-hybridized carbons (Fsp3) is 0.217. The van der Waals surface area contributed by atoms with Crippen molar-refractivity contribution in [1.29, 1.82) is 0 Å². The summed E-state index contributed by atoms with van der Waals surface area (Å²) in [6.45, 7) is 2.09. The van der Waals surface area contributed by atoms with E-state index in [0.717, 1.165) is 23.4 Å². The van der Waals surface area contributed by atoms with Gasteiger partial charge in [-0.15, -0.1) is 0 Å². The van der Waals surface area contributed by atoms with Gasteiger partial charge in [-0.25, -0.2) is 0 Å². The van der Waals surface area contributed by atoms with E-state index in [2.05, 4.69) is 24.5 Å². The molecule has 0 aliphatic heterocycles. The molecule has 0 saturated heterocycles. The molecule has 1 heterocycles. The molecule has 0 fully saturated rings. The van der Waals surface area contributed by atoms with Crippen LogP contribution in [0.15, 0.2) is 60.7 Å². The standard InChI is InChI=1S/C23H24N2O4/c1-3-16-4-6-17(7-5-16)21-14-10-19(11-15-22(26)27)25(21)24-23(28)18-8-12-20(29-2)13-9-18/h4-10,12-14H,3,11,15H2,1-2H3,(H,24,28)(H,26,27). The fourth-order valence-electron chi connectivity index (χ4n) is 3.09. The van der Waals surface area contributed by atoms with Gasteiger partial charge in [-0.3, -0.25) is 19.7 Å². The smallest absolute Gasteiger partial charge is 0.303 e. The van der Waals surface area contributed by atoms with Gasteiger partial charge in [-0.2, -0.15) is 0 Å². The highest BCUT2D eigenvalue weighted by Crippen LogP contribution is 2.24. The maximum Gasteiger partial charge on any atom is 0.303 e. The zero-order valence-corrected chi connectivity index (χ0v) is 16.5. The summed E-state index contributed by atoms with van der Waals surface area (Å²) in [5, 5.41) is 9.05. The normalized spacial score (nSPS) is 10.6. The molecule has 3 rings (SSSR count). The summed E-state index contributed by atoms with van der Waals surface area (Å²) in [7, 11) is 1.57. The number of aryl methyl sites for hydroxylation is 2. The van der Waals surface area contributed by atoms with E-state index in [0.29, 0.717) is 17.7 Å². The van der Waals surface area contributed by atoms with Crippen LogP contribution in [-0.2, 0) is 17.6 Å². The van der Waals surface area contributed by atoms with Gasteiger partial charge < -0.3 is 9.84 Å². The Morgan fingerprint density at radius 2 is 1.69 bits per heavy atom. The molecule has 0 saturated carbocycles. The van der Waals surface area contributed by atoms with Gasteiger partial charge >= 0.3 is 5.97 Å². The van der Waals surface area contributed by atoms with Crippen molar-refractivity contribution in [3.8, 4) is 17.0 Å². The van der Waals surface area contributed by atoms with Gasteiger partial charge in [0.15, 0.2) is 0 Å². The van der Waals surface area contributed by atoms with E-state index in [1.165, 1.54) is 5.56 Å². The summed E-state index contributed by atoms with van der Waals surface area (Å²) in [5.41, 5.74) is 7.08. The second kappa shape index (κ2) is 9.10. The second-order valence-electron chi connectivity index (χ2n) is 6.66. The molecule has 2 aromatic carbocycles. The first kappa shape index (κ1) is 20.2. The Morgan fingerprint density at radius 3 is 2.28 bits per heavy atom. The molecule has 0 bridgehead atoms. The summed E-state index contributed by atoms with van der Waals surface area (Å²) in [5.74, 6) is -0.499. The Kier molecular flexibility index (Phi) is 6.34. The van der Waals surface area contributed by atoms with Crippen LogP contribution in [0.5, 0.6) is 5.75 Å². The van der Waals surface area contributed by atoms with Crippen molar-refractivity contribution in [2.75, 3.05) is 12.5 Å². The Hall–Kier alpha value is -3.54. The number of carbonyl (C=O) groups excluding carboxylic acids is 1. The fourth-order valence-corrected chi connectivity index (χ4v) is 3.09. The van der Waals surface area contributed by atoms with E-state index in [-0.39, 0.29) is 12.3 Å². The number of hydrogen-bond acceptors (Lipinski definition) is 3. The average Bonchev–Trinajstić information content (AvgIpc) is 3.14. The van der Waals surface area contributed by atoms with Crippen molar-refractivity contribution in [3.05, 3.63) is 77.5 Å². The molecule has 29 heavy (non-hydrogen) atoms. The van der Waals surface area contributed by atoms with E-state index in [1.54, 1.807) is 36.1 Å². The number of aliphatic carboxylic acids is 1. The number of ether oxygens (including phenoxy) is 1. The number of benzene rings is 2. The SMILES string of the molecule is CCc1ccc(-c2ccc(CCC(=O)O)n2NC(=O)c2ccc(OC)cc2)cc1. The van der Waals surface area contributed by atoms with Crippen LogP contribution in [0.25, 0.3) is 11.3 Å². The van der Waals surface area contributed by atoms with Crippen LogP contribution < -0.4 is 10.2 Å². The molecule has 1 aromatic heterocycles.